The van der Waals surface area contributed by atoms with E-state index in [-0.39, 0.29) is 25.7 Å². The predicted molar refractivity (Wildman–Crippen MR) is 168 cm³/mol. The Morgan fingerprint density at radius 2 is 0.947 bits per heavy atom. The van der Waals surface area contributed by atoms with Crippen molar-refractivity contribution in [1.29, 1.82) is 0 Å². The van der Waals surface area contributed by atoms with Gasteiger partial charge in [-0.25, -0.2) is 4.42 Å². The van der Waals surface area contributed by atoms with Crippen LogP contribution in [-0.4, -0.2) is 0 Å². The maximum atomic E-state index is 10.7. The van der Waals surface area contributed by atoms with Crippen LogP contribution < -0.4 is 10.9 Å². The molecular formula is C32H44O4S2. The molecule has 0 bridgehead atoms. The summed E-state index contributed by atoms with van der Waals surface area (Å²) in [6.45, 7) is 19.8. The van der Waals surface area contributed by atoms with Crippen LogP contribution in [0.25, 0.3) is 0 Å². The molecule has 4 rings (SSSR count). The third-order valence-electron chi connectivity index (χ3n) is 4.39. The lowest BCUT2D eigenvalue weighted by Crippen LogP contribution is -1.97. The van der Waals surface area contributed by atoms with Crippen LogP contribution in [-0.2, 0) is 0 Å². The first-order valence-corrected chi connectivity index (χ1v) is 13.3. The maximum Gasteiger partial charge on any atom is 0.326 e. The van der Waals surface area contributed by atoms with Crippen molar-refractivity contribution in [1.82, 2.24) is 0 Å². The molecule has 0 amide bonds. The van der Waals surface area contributed by atoms with E-state index in [0.29, 0.717) is 11.5 Å². The van der Waals surface area contributed by atoms with Crippen molar-refractivity contribution in [3.05, 3.63) is 138 Å². The van der Waals surface area contributed by atoms with Gasteiger partial charge in [0.25, 0.3) is 0 Å². The van der Waals surface area contributed by atoms with Crippen molar-refractivity contribution in [3.8, 4) is 0 Å². The lowest BCUT2D eigenvalue weighted by Gasteiger charge is -1.91. The zero-order valence-electron chi connectivity index (χ0n) is 25.1. The summed E-state index contributed by atoms with van der Waals surface area (Å²) >= 11 is 3.49. The SMILES string of the molecule is Cc1cc(=O)cc(C)o1.Cc1cc(=O)cc(C)s1.Cc1cc(C)[o+]c(C)c1.Cc1cc(C)[s+]c(C)c1.[CH3-].[CH3-]. The van der Waals surface area contributed by atoms with Gasteiger partial charge in [-0.3, -0.25) is 9.59 Å². The van der Waals surface area contributed by atoms with E-state index < -0.39 is 0 Å². The smallest absolute Gasteiger partial charge is 0.326 e. The topological polar surface area (TPSA) is 58.6 Å². The minimum atomic E-state index is 0. The predicted octanol–water partition coefficient (Wildman–Crippen LogP) is 9.32. The Hall–Kier alpha value is -2.96. The molecule has 0 spiro atoms. The van der Waals surface area contributed by atoms with Crippen molar-refractivity contribution < 1.29 is 8.83 Å². The van der Waals surface area contributed by atoms with Crippen LogP contribution in [0.5, 0.6) is 0 Å². The molecule has 0 unspecified atom stereocenters. The molecule has 0 aliphatic rings. The Morgan fingerprint density at radius 3 is 1.26 bits per heavy atom. The van der Waals surface area contributed by atoms with E-state index in [1.54, 1.807) is 37.3 Å². The molecule has 208 valence electrons. The quantitative estimate of drug-likeness (QED) is 0.160. The zero-order valence-corrected chi connectivity index (χ0v) is 26.7. The fourth-order valence-corrected chi connectivity index (χ4v) is 5.36. The summed E-state index contributed by atoms with van der Waals surface area (Å²) in [7, 11) is 0. The molecule has 0 fully saturated rings. The first-order valence-electron chi connectivity index (χ1n) is 11.7. The Kier molecular flexibility index (Phi) is 17.9. The number of aryl methyl sites for hydroxylation is 10. The molecule has 0 radical (unpaired) electrons. The van der Waals surface area contributed by atoms with Gasteiger partial charge in [0.1, 0.15) is 11.5 Å². The fourth-order valence-electron chi connectivity index (χ4n) is 3.50. The molecule has 4 aromatic rings. The van der Waals surface area contributed by atoms with Gasteiger partial charge in [-0.1, -0.05) is 0 Å². The molecular weight excluding hydrogens is 512 g/mol. The van der Waals surface area contributed by atoms with E-state index in [4.69, 9.17) is 8.83 Å². The van der Waals surface area contributed by atoms with Crippen LogP contribution in [0.4, 0.5) is 0 Å². The first-order chi connectivity index (χ1) is 16.7. The molecule has 0 atom stereocenters. The standard InChI is InChI=1S/C8H11O.C8H11S.C7H8O2.C7H8OS.2CH3/c2*1-6-4-7(2)9-8(3)5-6;2*1-5-3-7(8)4-6(2)9-5;;/h2*4-5H,1-3H3;2*3-4H,1-2H3;2*1H3/q2*+1;;;2*-1. The van der Waals surface area contributed by atoms with Crippen LogP contribution in [0, 0.1) is 84.1 Å². The Labute approximate surface area is 237 Å². The van der Waals surface area contributed by atoms with Crippen LogP contribution in [0.15, 0.2) is 67.0 Å². The Balaban J connectivity index is 0. The zero-order chi connectivity index (χ0) is 27.4. The van der Waals surface area contributed by atoms with Crippen LogP contribution in [0.2, 0.25) is 0 Å². The molecule has 0 saturated carbocycles. The van der Waals surface area contributed by atoms with Gasteiger partial charge < -0.3 is 19.3 Å². The third-order valence-corrected chi connectivity index (χ3v) is 6.15. The van der Waals surface area contributed by atoms with Crippen LogP contribution in [0.3, 0.4) is 0 Å². The highest BCUT2D eigenvalue weighted by Crippen LogP contribution is 2.14. The highest BCUT2D eigenvalue weighted by Gasteiger charge is 2.03. The second-order valence-corrected chi connectivity index (χ2v) is 11.7. The van der Waals surface area contributed by atoms with E-state index in [0.717, 1.165) is 21.3 Å². The average molecular weight is 557 g/mol. The summed E-state index contributed by atoms with van der Waals surface area (Å²) in [6.07, 6.45) is 0. The lowest BCUT2D eigenvalue weighted by molar-refractivity contribution is 0.484. The van der Waals surface area contributed by atoms with Gasteiger partial charge in [0, 0.05) is 60.0 Å². The number of hydrogen-bond donors (Lipinski definition) is 0. The molecule has 0 aliphatic heterocycles. The Bertz CT molecular complexity index is 1130. The minimum absolute atomic E-state index is 0. The van der Waals surface area contributed by atoms with Gasteiger partial charge in [0.05, 0.1) is 13.8 Å². The first kappa shape index (κ1) is 37.2. The second-order valence-electron chi connectivity index (χ2n) is 8.74. The fraction of sp³-hybridized carbons (Fsp3) is 0.312. The van der Waals surface area contributed by atoms with Gasteiger partial charge >= 0.3 is 11.5 Å². The molecule has 4 aromatic heterocycles. The molecule has 38 heavy (non-hydrogen) atoms. The molecule has 4 heterocycles. The normalized spacial score (nSPS) is 9.11. The molecule has 0 N–H and O–H groups in total. The largest absolute Gasteiger partial charge is 0.466 e. The number of rotatable bonds is 0. The van der Waals surface area contributed by atoms with Crippen molar-refractivity contribution >= 4 is 22.7 Å². The average Bonchev–Trinajstić information content (AvgIpc) is 2.64. The third kappa shape index (κ3) is 16.7. The molecule has 0 saturated heterocycles. The van der Waals surface area contributed by atoms with Crippen LogP contribution in [0.1, 0.15) is 53.7 Å². The number of hydrogen-bond acceptors (Lipinski definition) is 4. The molecule has 0 aromatic carbocycles. The minimum Gasteiger partial charge on any atom is -0.466 e. The van der Waals surface area contributed by atoms with Gasteiger partial charge in [0.2, 0.25) is 21.1 Å². The van der Waals surface area contributed by atoms with Crippen molar-refractivity contribution in [2.45, 2.75) is 69.2 Å². The van der Waals surface area contributed by atoms with Crippen molar-refractivity contribution in [2.24, 2.45) is 0 Å². The maximum absolute atomic E-state index is 10.7. The highest BCUT2D eigenvalue weighted by molar-refractivity contribution is 7.11. The van der Waals surface area contributed by atoms with Gasteiger partial charge in [0.15, 0.2) is 10.9 Å². The molecule has 0 aliphatic carbocycles. The van der Waals surface area contributed by atoms with E-state index in [2.05, 4.69) is 39.8 Å². The van der Waals surface area contributed by atoms with E-state index in [1.165, 1.54) is 33.0 Å². The molecule has 4 nitrogen and oxygen atoms in total. The van der Waals surface area contributed by atoms with Crippen molar-refractivity contribution in [2.75, 3.05) is 0 Å². The van der Waals surface area contributed by atoms with E-state index in [9.17, 15) is 9.59 Å². The summed E-state index contributed by atoms with van der Waals surface area (Å²) in [5.41, 5.74) is 2.75. The Morgan fingerprint density at radius 1 is 0.579 bits per heavy atom. The summed E-state index contributed by atoms with van der Waals surface area (Å²) in [6, 6.07) is 14.7. The lowest BCUT2D eigenvalue weighted by atomic mass is 10.2. The van der Waals surface area contributed by atoms with E-state index in [1.807, 2.05) is 51.2 Å². The van der Waals surface area contributed by atoms with Gasteiger partial charge in [-0.15, -0.1) is 11.3 Å². The van der Waals surface area contributed by atoms with Crippen molar-refractivity contribution in [3.63, 3.8) is 0 Å². The van der Waals surface area contributed by atoms with E-state index >= 15 is 0 Å². The molecule has 6 heteroatoms. The monoisotopic (exact) mass is 556 g/mol. The summed E-state index contributed by atoms with van der Waals surface area (Å²) in [4.78, 5) is 26.3. The highest BCUT2D eigenvalue weighted by atomic mass is 32.1. The van der Waals surface area contributed by atoms with Gasteiger partial charge in [-0.05, 0) is 64.8 Å². The summed E-state index contributed by atoms with van der Waals surface area (Å²) in [5, 5.41) is 0. The summed E-state index contributed by atoms with van der Waals surface area (Å²) < 4.78 is 10.3. The second kappa shape index (κ2) is 18.3. The van der Waals surface area contributed by atoms with Gasteiger partial charge in [-0.2, -0.15) is 0 Å². The summed E-state index contributed by atoms with van der Waals surface area (Å²) in [5.74, 6) is 3.29. The van der Waals surface area contributed by atoms with Crippen LogP contribution >= 0.6 is 22.7 Å².